The Balaban J connectivity index is 2.57. The number of halogens is 1. The first-order chi connectivity index (χ1) is 9.51. The topological polar surface area (TPSA) is 39.0 Å². The molecule has 1 unspecified atom stereocenters. The summed E-state index contributed by atoms with van der Waals surface area (Å²) in [6.07, 6.45) is 3.46. The van der Waals surface area contributed by atoms with Gasteiger partial charge in [0, 0.05) is 24.6 Å². The fourth-order valence-electron chi connectivity index (χ4n) is 2.67. The van der Waals surface area contributed by atoms with E-state index in [1.54, 1.807) is 9.13 Å². The van der Waals surface area contributed by atoms with Crippen LogP contribution in [0.25, 0.3) is 11.0 Å². The molecule has 0 aliphatic heterocycles. The van der Waals surface area contributed by atoms with E-state index < -0.39 is 0 Å². The highest BCUT2D eigenvalue weighted by molar-refractivity contribution is 9.10. The number of benzene rings is 1. The van der Waals surface area contributed by atoms with E-state index in [1.807, 2.05) is 27.2 Å². The van der Waals surface area contributed by atoms with Gasteiger partial charge in [-0.25, -0.2) is 4.79 Å². The van der Waals surface area contributed by atoms with E-state index in [0.29, 0.717) is 6.04 Å². The monoisotopic (exact) mass is 339 g/mol. The zero-order chi connectivity index (χ0) is 14.9. The number of nitrogens with zero attached hydrogens (tertiary/aromatic N) is 2. The molecule has 0 radical (unpaired) electrons. The number of rotatable bonds is 5. The molecule has 0 amide bonds. The van der Waals surface area contributed by atoms with Crippen LogP contribution in [-0.4, -0.2) is 16.2 Å². The number of aryl methyl sites for hydroxylation is 2. The predicted molar refractivity (Wildman–Crippen MR) is 87.2 cm³/mol. The highest BCUT2D eigenvalue weighted by atomic mass is 79.9. The van der Waals surface area contributed by atoms with Crippen LogP contribution < -0.4 is 11.0 Å². The molecule has 2 aromatic rings. The Morgan fingerprint density at radius 2 is 1.85 bits per heavy atom. The van der Waals surface area contributed by atoms with Gasteiger partial charge < -0.3 is 5.32 Å². The first kappa shape index (κ1) is 15.3. The lowest BCUT2D eigenvalue weighted by Crippen LogP contribution is -2.19. The first-order valence-electron chi connectivity index (χ1n) is 7.03. The summed E-state index contributed by atoms with van der Waals surface area (Å²) in [6, 6.07) is 4.48. The Morgan fingerprint density at radius 1 is 1.25 bits per heavy atom. The molecule has 0 aliphatic rings. The number of hydrogen-bond acceptors (Lipinski definition) is 2. The molecule has 110 valence electrons. The van der Waals surface area contributed by atoms with E-state index in [-0.39, 0.29) is 5.69 Å². The smallest absolute Gasteiger partial charge is 0.313 e. The van der Waals surface area contributed by atoms with Crippen LogP contribution in [0.5, 0.6) is 0 Å². The Hall–Kier alpha value is -1.07. The quantitative estimate of drug-likeness (QED) is 0.909. The van der Waals surface area contributed by atoms with Gasteiger partial charge in [0.15, 0.2) is 0 Å². The molecule has 0 saturated heterocycles. The second-order valence-corrected chi connectivity index (χ2v) is 6.10. The van der Waals surface area contributed by atoms with Crippen molar-refractivity contribution in [2.75, 3.05) is 7.05 Å². The zero-order valence-electron chi connectivity index (χ0n) is 12.5. The van der Waals surface area contributed by atoms with Crippen LogP contribution in [0.4, 0.5) is 0 Å². The molecule has 0 fully saturated rings. The lowest BCUT2D eigenvalue weighted by Gasteiger charge is -2.18. The van der Waals surface area contributed by atoms with Crippen molar-refractivity contribution in [2.24, 2.45) is 14.1 Å². The van der Waals surface area contributed by atoms with Crippen LogP contribution in [0.2, 0.25) is 0 Å². The lowest BCUT2D eigenvalue weighted by molar-refractivity contribution is 0.521. The van der Waals surface area contributed by atoms with Gasteiger partial charge in [0.1, 0.15) is 0 Å². The van der Waals surface area contributed by atoms with Crippen LogP contribution in [0.3, 0.4) is 0 Å². The number of hydrogen-bond donors (Lipinski definition) is 1. The molecule has 0 spiro atoms. The summed E-state index contributed by atoms with van der Waals surface area (Å²) in [5, 5.41) is 3.38. The van der Waals surface area contributed by atoms with Gasteiger partial charge in [0.05, 0.1) is 11.0 Å². The molecule has 2 rings (SSSR count). The van der Waals surface area contributed by atoms with Crippen LogP contribution in [0, 0.1) is 0 Å². The summed E-state index contributed by atoms with van der Waals surface area (Å²) in [7, 11) is 5.62. The highest BCUT2D eigenvalue weighted by Gasteiger charge is 2.16. The maximum absolute atomic E-state index is 12.0. The molecule has 1 atom stereocenters. The zero-order valence-corrected chi connectivity index (χ0v) is 14.1. The molecule has 1 aromatic carbocycles. The maximum atomic E-state index is 12.0. The van der Waals surface area contributed by atoms with Gasteiger partial charge in [-0.2, -0.15) is 0 Å². The Kier molecular flexibility index (Phi) is 4.70. The van der Waals surface area contributed by atoms with Crippen molar-refractivity contribution in [3.63, 3.8) is 0 Å². The third-order valence-electron chi connectivity index (χ3n) is 3.96. The highest BCUT2D eigenvalue weighted by Crippen LogP contribution is 2.30. The summed E-state index contributed by atoms with van der Waals surface area (Å²) in [4.78, 5) is 12.0. The summed E-state index contributed by atoms with van der Waals surface area (Å²) >= 11 is 3.65. The summed E-state index contributed by atoms with van der Waals surface area (Å²) in [5.41, 5.74) is 3.17. The molecule has 1 aromatic heterocycles. The number of imidazole rings is 1. The normalized spacial score (nSPS) is 13.1. The molecule has 5 heteroatoms. The second-order valence-electron chi connectivity index (χ2n) is 5.25. The standard InChI is InChI=1S/C15H22BrN3O/c1-5-6-7-12(17-2)10-8-13-14(9-11(10)16)19(4)15(20)18(13)3/h8-9,12,17H,5-7H2,1-4H3. The number of fused-ring (bicyclic) bond motifs is 1. The maximum Gasteiger partial charge on any atom is 0.328 e. The van der Waals surface area contributed by atoms with E-state index in [0.717, 1.165) is 21.9 Å². The Labute approximate surface area is 127 Å². The number of aromatic nitrogens is 2. The minimum Gasteiger partial charge on any atom is -0.313 e. The van der Waals surface area contributed by atoms with Crippen molar-refractivity contribution in [1.82, 2.24) is 14.5 Å². The number of unbranched alkanes of at least 4 members (excludes halogenated alkanes) is 1. The molecule has 0 aliphatic carbocycles. The van der Waals surface area contributed by atoms with Crippen molar-refractivity contribution < 1.29 is 0 Å². The van der Waals surface area contributed by atoms with Gasteiger partial charge in [-0.05, 0) is 31.2 Å². The SMILES string of the molecule is CCCCC(NC)c1cc2c(cc1Br)n(C)c(=O)n2C. The summed E-state index contributed by atoms with van der Waals surface area (Å²) in [6.45, 7) is 2.20. The van der Waals surface area contributed by atoms with Crippen molar-refractivity contribution in [3.05, 3.63) is 32.7 Å². The molecule has 20 heavy (non-hydrogen) atoms. The third-order valence-corrected chi connectivity index (χ3v) is 4.65. The summed E-state index contributed by atoms with van der Waals surface area (Å²) in [5.74, 6) is 0. The van der Waals surface area contributed by atoms with E-state index >= 15 is 0 Å². The third kappa shape index (κ3) is 2.56. The van der Waals surface area contributed by atoms with Crippen LogP contribution in [0.1, 0.15) is 37.8 Å². The fourth-order valence-corrected chi connectivity index (χ4v) is 3.27. The van der Waals surface area contributed by atoms with Gasteiger partial charge in [0.2, 0.25) is 0 Å². The van der Waals surface area contributed by atoms with Crippen LogP contribution in [0.15, 0.2) is 21.4 Å². The second kappa shape index (κ2) is 6.14. The van der Waals surface area contributed by atoms with Gasteiger partial charge in [0.25, 0.3) is 0 Å². The molecule has 1 heterocycles. The fraction of sp³-hybridized carbons (Fsp3) is 0.533. The van der Waals surface area contributed by atoms with Gasteiger partial charge in [-0.15, -0.1) is 0 Å². The van der Waals surface area contributed by atoms with E-state index in [9.17, 15) is 4.79 Å². The van der Waals surface area contributed by atoms with Crippen molar-refractivity contribution in [3.8, 4) is 0 Å². The first-order valence-corrected chi connectivity index (χ1v) is 7.82. The van der Waals surface area contributed by atoms with E-state index in [4.69, 9.17) is 0 Å². The lowest BCUT2D eigenvalue weighted by atomic mass is 10.0. The average Bonchev–Trinajstić information content (AvgIpc) is 2.65. The minimum atomic E-state index is 0.0126. The number of nitrogens with one attached hydrogen (secondary N) is 1. The van der Waals surface area contributed by atoms with E-state index in [1.165, 1.54) is 18.4 Å². The molecular formula is C15H22BrN3O. The largest absolute Gasteiger partial charge is 0.328 e. The molecule has 4 nitrogen and oxygen atoms in total. The van der Waals surface area contributed by atoms with Crippen molar-refractivity contribution >= 4 is 27.0 Å². The molecule has 0 saturated carbocycles. The summed E-state index contributed by atoms with van der Waals surface area (Å²) < 4.78 is 4.45. The molecular weight excluding hydrogens is 318 g/mol. The van der Waals surface area contributed by atoms with Gasteiger partial charge >= 0.3 is 5.69 Å². The molecule has 0 bridgehead atoms. The molecule has 1 N–H and O–H groups in total. The van der Waals surface area contributed by atoms with Crippen LogP contribution >= 0.6 is 15.9 Å². The Morgan fingerprint density at radius 3 is 2.40 bits per heavy atom. The van der Waals surface area contributed by atoms with Gasteiger partial charge in [-0.3, -0.25) is 9.13 Å². The van der Waals surface area contributed by atoms with Crippen molar-refractivity contribution in [1.29, 1.82) is 0 Å². The van der Waals surface area contributed by atoms with Gasteiger partial charge in [-0.1, -0.05) is 35.7 Å². The van der Waals surface area contributed by atoms with E-state index in [2.05, 4.69) is 34.2 Å². The predicted octanol–water partition coefficient (Wildman–Crippen LogP) is 3.09. The minimum absolute atomic E-state index is 0.0126. The van der Waals surface area contributed by atoms with Crippen molar-refractivity contribution in [2.45, 2.75) is 32.2 Å². The van der Waals surface area contributed by atoms with Crippen LogP contribution in [-0.2, 0) is 14.1 Å². The Bertz CT molecular complexity index is 672. The average molecular weight is 340 g/mol.